The number of nitrogens with zero attached hydrogens (tertiary/aromatic N) is 2. The van der Waals surface area contributed by atoms with E-state index in [0.29, 0.717) is 6.04 Å². The van der Waals surface area contributed by atoms with Gasteiger partial charge in [0.2, 0.25) is 0 Å². The number of hydrogen-bond acceptors (Lipinski definition) is 3. The molecule has 2 aliphatic heterocycles. The van der Waals surface area contributed by atoms with Crippen molar-refractivity contribution in [3.63, 3.8) is 0 Å². The second-order valence-corrected chi connectivity index (χ2v) is 4.26. The molecule has 2 fully saturated rings. The summed E-state index contributed by atoms with van der Waals surface area (Å²) in [5.41, 5.74) is 5.63. The molecule has 2 N–H and O–H groups in total. The van der Waals surface area contributed by atoms with Crippen LogP contribution in [0.5, 0.6) is 0 Å². The fourth-order valence-electron chi connectivity index (χ4n) is 2.28. The summed E-state index contributed by atoms with van der Waals surface area (Å²) in [6.07, 6.45) is 1.32. The lowest BCUT2D eigenvalue weighted by Gasteiger charge is -2.46. The number of nitrogens with two attached hydrogens (primary N) is 1. The van der Waals surface area contributed by atoms with Crippen LogP contribution in [0.2, 0.25) is 0 Å². The van der Waals surface area contributed by atoms with Crippen molar-refractivity contribution in [1.29, 1.82) is 0 Å². The van der Waals surface area contributed by atoms with Gasteiger partial charge in [0.15, 0.2) is 0 Å². The fraction of sp³-hybridized carbons (Fsp3) is 1.00. The van der Waals surface area contributed by atoms with E-state index < -0.39 is 0 Å². The maximum absolute atomic E-state index is 5.63. The van der Waals surface area contributed by atoms with E-state index in [2.05, 4.69) is 16.8 Å². The highest BCUT2D eigenvalue weighted by molar-refractivity contribution is 4.88. The van der Waals surface area contributed by atoms with Crippen LogP contribution < -0.4 is 5.73 Å². The van der Waals surface area contributed by atoms with Crippen LogP contribution >= 0.6 is 0 Å². The molecule has 1 unspecified atom stereocenters. The SMILES string of the molecule is CN1CC(CN2CCC2CN)C1. The topological polar surface area (TPSA) is 32.5 Å². The van der Waals surface area contributed by atoms with E-state index in [4.69, 9.17) is 5.73 Å². The van der Waals surface area contributed by atoms with Crippen LogP contribution in [-0.2, 0) is 0 Å². The van der Waals surface area contributed by atoms with Gasteiger partial charge < -0.3 is 10.6 Å². The van der Waals surface area contributed by atoms with Crippen LogP contribution in [0.25, 0.3) is 0 Å². The van der Waals surface area contributed by atoms with Crippen LogP contribution in [0, 0.1) is 5.92 Å². The Hall–Kier alpha value is -0.120. The Labute approximate surface area is 74.5 Å². The van der Waals surface area contributed by atoms with Gasteiger partial charge in [0.25, 0.3) is 0 Å². The van der Waals surface area contributed by atoms with Crippen LogP contribution in [0.15, 0.2) is 0 Å². The van der Waals surface area contributed by atoms with Crippen molar-refractivity contribution in [3.05, 3.63) is 0 Å². The minimum atomic E-state index is 0.705. The smallest absolute Gasteiger partial charge is 0.0230 e. The summed E-state index contributed by atoms with van der Waals surface area (Å²) in [4.78, 5) is 4.92. The molecule has 0 aliphatic carbocycles. The van der Waals surface area contributed by atoms with Gasteiger partial charge in [-0.2, -0.15) is 0 Å². The van der Waals surface area contributed by atoms with Crippen LogP contribution in [0.3, 0.4) is 0 Å². The van der Waals surface area contributed by atoms with Gasteiger partial charge in [-0.15, -0.1) is 0 Å². The van der Waals surface area contributed by atoms with Gasteiger partial charge in [0.05, 0.1) is 0 Å². The summed E-state index contributed by atoms with van der Waals surface area (Å²) in [6.45, 7) is 5.98. The molecule has 1 atom stereocenters. The average molecular weight is 169 g/mol. The van der Waals surface area contributed by atoms with E-state index in [1.54, 1.807) is 0 Å². The Kier molecular flexibility index (Phi) is 2.35. The number of likely N-dealkylation sites (tertiary alicyclic amines) is 2. The first-order chi connectivity index (χ1) is 5.79. The van der Waals surface area contributed by atoms with Gasteiger partial charge in [-0.3, -0.25) is 4.90 Å². The fourth-order valence-corrected chi connectivity index (χ4v) is 2.28. The summed E-state index contributed by atoms with van der Waals surface area (Å²) in [6, 6.07) is 0.705. The van der Waals surface area contributed by atoms with E-state index in [1.807, 2.05) is 0 Å². The summed E-state index contributed by atoms with van der Waals surface area (Å²) in [5, 5.41) is 0. The second kappa shape index (κ2) is 3.32. The van der Waals surface area contributed by atoms with Gasteiger partial charge in [-0.1, -0.05) is 0 Å². The highest BCUT2D eigenvalue weighted by atomic mass is 15.2. The summed E-state index contributed by atoms with van der Waals surface area (Å²) in [5.74, 6) is 0.921. The molecule has 0 saturated carbocycles. The molecule has 70 valence electrons. The molecule has 12 heavy (non-hydrogen) atoms. The van der Waals surface area contributed by atoms with Crippen molar-refractivity contribution in [2.75, 3.05) is 39.8 Å². The molecule has 2 rings (SSSR count). The van der Waals surface area contributed by atoms with Crippen molar-refractivity contribution >= 4 is 0 Å². The van der Waals surface area contributed by atoms with Crippen LogP contribution in [0.1, 0.15) is 6.42 Å². The van der Waals surface area contributed by atoms with Crippen LogP contribution in [0.4, 0.5) is 0 Å². The van der Waals surface area contributed by atoms with Gasteiger partial charge in [0.1, 0.15) is 0 Å². The Morgan fingerprint density at radius 3 is 2.58 bits per heavy atom. The molecule has 0 aromatic carbocycles. The molecular formula is C9H19N3. The zero-order valence-electron chi connectivity index (χ0n) is 7.87. The molecule has 2 aliphatic rings. The highest BCUT2D eigenvalue weighted by Crippen LogP contribution is 2.21. The first kappa shape index (κ1) is 8.48. The Morgan fingerprint density at radius 2 is 2.17 bits per heavy atom. The minimum Gasteiger partial charge on any atom is -0.329 e. The molecule has 0 radical (unpaired) electrons. The monoisotopic (exact) mass is 169 g/mol. The van der Waals surface area contributed by atoms with Gasteiger partial charge in [0, 0.05) is 38.8 Å². The minimum absolute atomic E-state index is 0.705. The first-order valence-electron chi connectivity index (χ1n) is 4.92. The molecule has 0 aromatic heterocycles. The third-order valence-electron chi connectivity index (χ3n) is 3.17. The van der Waals surface area contributed by atoms with E-state index >= 15 is 0 Å². The lowest BCUT2D eigenvalue weighted by molar-refractivity contribution is 0.0283. The number of hydrogen-bond donors (Lipinski definition) is 1. The zero-order chi connectivity index (χ0) is 8.55. The molecule has 2 saturated heterocycles. The molecule has 3 nitrogen and oxygen atoms in total. The molecule has 3 heteroatoms. The number of rotatable bonds is 3. The van der Waals surface area contributed by atoms with Crippen molar-refractivity contribution in [2.24, 2.45) is 11.7 Å². The predicted molar refractivity (Wildman–Crippen MR) is 50.0 cm³/mol. The van der Waals surface area contributed by atoms with Crippen molar-refractivity contribution in [1.82, 2.24) is 9.80 Å². The quantitative estimate of drug-likeness (QED) is 0.623. The normalized spacial score (nSPS) is 33.0. The second-order valence-electron chi connectivity index (χ2n) is 4.26. The van der Waals surface area contributed by atoms with Crippen LogP contribution in [-0.4, -0.2) is 55.6 Å². The molecular weight excluding hydrogens is 150 g/mol. The lowest BCUT2D eigenvalue weighted by atomic mass is 9.95. The Balaban J connectivity index is 1.67. The molecule has 0 aromatic rings. The largest absolute Gasteiger partial charge is 0.329 e. The van der Waals surface area contributed by atoms with E-state index in [0.717, 1.165) is 12.5 Å². The Morgan fingerprint density at radius 1 is 1.42 bits per heavy atom. The van der Waals surface area contributed by atoms with Gasteiger partial charge >= 0.3 is 0 Å². The lowest BCUT2D eigenvalue weighted by Crippen LogP contribution is -2.57. The Bertz CT molecular complexity index is 152. The van der Waals surface area contributed by atoms with Crippen molar-refractivity contribution < 1.29 is 0 Å². The van der Waals surface area contributed by atoms with Crippen molar-refractivity contribution in [3.8, 4) is 0 Å². The van der Waals surface area contributed by atoms with E-state index in [1.165, 1.54) is 32.6 Å². The molecule has 2 heterocycles. The summed E-state index contributed by atoms with van der Waals surface area (Å²) < 4.78 is 0. The van der Waals surface area contributed by atoms with Crippen molar-refractivity contribution in [2.45, 2.75) is 12.5 Å². The first-order valence-corrected chi connectivity index (χ1v) is 4.92. The summed E-state index contributed by atoms with van der Waals surface area (Å²) in [7, 11) is 2.19. The maximum Gasteiger partial charge on any atom is 0.0230 e. The highest BCUT2D eigenvalue weighted by Gasteiger charge is 2.32. The zero-order valence-corrected chi connectivity index (χ0v) is 7.87. The molecule has 0 spiro atoms. The average Bonchev–Trinajstić information content (AvgIpc) is 1.94. The van der Waals surface area contributed by atoms with Gasteiger partial charge in [-0.25, -0.2) is 0 Å². The van der Waals surface area contributed by atoms with E-state index in [9.17, 15) is 0 Å². The standard InChI is InChI=1S/C9H19N3/c1-11-5-8(6-11)7-12-3-2-9(12)4-10/h8-9H,2-7,10H2,1H3. The summed E-state index contributed by atoms with van der Waals surface area (Å²) >= 11 is 0. The van der Waals surface area contributed by atoms with E-state index in [-0.39, 0.29) is 0 Å². The molecule has 0 amide bonds. The molecule has 0 bridgehead atoms. The third kappa shape index (κ3) is 1.49. The maximum atomic E-state index is 5.63. The third-order valence-corrected chi connectivity index (χ3v) is 3.17. The predicted octanol–water partition coefficient (Wildman–Crippen LogP) is -0.419. The van der Waals surface area contributed by atoms with Gasteiger partial charge in [-0.05, 0) is 19.4 Å².